The second-order valence-electron chi connectivity index (χ2n) is 8.14. The summed E-state index contributed by atoms with van der Waals surface area (Å²) in [5, 5.41) is 4.47. The zero-order chi connectivity index (χ0) is 18.5. The molecular formula is C20H28N4O2. The normalized spacial score (nSPS) is 27.7. The summed E-state index contributed by atoms with van der Waals surface area (Å²) in [5.74, 6) is 1.67. The molecule has 2 saturated carbocycles. The van der Waals surface area contributed by atoms with E-state index in [1.165, 1.54) is 0 Å². The molecule has 1 spiro atoms. The van der Waals surface area contributed by atoms with Crippen LogP contribution in [-0.4, -0.2) is 41.3 Å². The van der Waals surface area contributed by atoms with Gasteiger partial charge in [0.15, 0.2) is 5.65 Å². The molecule has 0 bridgehead atoms. The van der Waals surface area contributed by atoms with Gasteiger partial charge in [0.05, 0.1) is 18.7 Å². The van der Waals surface area contributed by atoms with Crippen molar-refractivity contribution in [2.24, 2.45) is 11.3 Å². The Morgan fingerprint density at radius 3 is 2.77 bits per heavy atom. The van der Waals surface area contributed by atoms with Crippen LogP contribution in [0, 0.1) is 18.3 Å². The molecule has 2 aliphatic carbocycles. The monoisotopic (exact) mass is 356 g/mol. The van der Waals surface area contributed by atoms with Crippen molar-refractivity contribution in [2.45, 2.75) is 51.9 Å². The van der Waals surface area contributed by atoms with Gasteiger partial charge >= 0.3 is 5.97 Å². The van der Waals surface area contributed by atoms with Crippen LogP contribution in [0.2, 0.25) is 0 Å². The topological polar surface area (TPSA) is 59.7 Å². The van der Waals surface area contributed by atoms with Crippen molar-refractivity contribution >= 4 is 17.4 Å². The molecule has 0 saturated heterocycles. The van der Waals surface area contributed by atoms with Crippen LogP contribution in [0.5, 0.6) is 0 Å². The van der Waals surface area contributed by atoms with Crippen LogP contribution in [0.3, 0.4) is 0 Å². The highest BCUT2D eigenvalue weighted by Gasteiger charge is 2.59. The predicted molar refractivity (Wildman–Crippen MR) is 100 cm³/mol. The van der Waals surface area contributed by atoms with Gasteiger partial charge in [-0.1, -0.05) is 0 Å². The van der Waals surface area contributed by atoms with E-state index in [9.17, 15) is 4.79 Å². The quantitative estimate of drug-likeness (QED) is 0.787. The minimum Gasteiger partial charge on any atom is -0.466 e. The first-order valence-corrected chi connectivity index (χ1v) is 9.64. The third kappa shape index (κ3) is 2.75. The fourth-order valence-corrected chi connectivity index (χ4v) is 4.57. The van der Waals surface area contributed by atoms with Crippen molar-refractivity contribution in [2.75, 3.05) is 25.6 Å². The summed E-state index contributed by atoms with van der Waals surface area (Å²) in [6.07, 6.45) is 7.28. The molecule has 2 aromatic rings. The van der Waals surface area contributed by atoms with Crippen molar-refractivity contribution in [1.29, 1.82) is 0 Å². The minimum absolute atomic E-state index is 0.00951. The molecule has 1 atom stereocenters. The number of carbonyl (C=O) groups excluding carboxylic acids is 1. The van der Waals surface area contributed by atoms with E-state index in [-0.39, 0.29) is 17.3 Å². The lowest BCUT2D eigenvalue weighted by Crippen LogP contribution is -2.21. The molecular weight excluding hydrogens is 328 g/mol. The van der Waals surface area contributed by atoms with E-state index in [0.717, 1.165) is 54.8 Å². The fourth-order valence-electron chi connectivity index (χ4n) is 4.57. The summed E-state index contributed by atoms with van der Waals surface area (Å²) in [7, 11) is 4.08. The van der Waals surface area contributed by atoms with Crippen molar-refractivity contribution in [3.8, 4) is 0 Å². The van der Waals surface area contributed by atoms with Gasteiger partial charge in [-0.2, -0.15) is 9.61 Å². The molecule has 0 aliphatic heterocycles. The molecule has 140 valence electrons. The SMILES string of the molecule is CCOC(=O)C1CC12CCC(c1cc(N(C)C)n3ncc(C)c3n1)CC2. The van der Waals surface area contributed by atoms with Crippen LogP contribution in [0.25, 0.3) is 5.65 Å². The van der Waals surface area contributed by atoms with Crippen molar-refractivity contribution in [3.05, 3.63) is 23.5 Å². The van der Waals surface area contributed by atoms with E-state index in [0.29, 0.717) is 12.5 Å². The average molecular weight is 356 g/mol. The molecule has 0 amide bonds. The Morgan fingerprint density at radius 1 is 1.38 bits per heavy atom. The Bertz CT molecular complexity index is 834. The van der Waals surface area contributed by atoms with E-state index in [2.05, 4.69) is 23.0 Å². The van der Waals surface area contributed by atoms with Gasteiger partial charge in [0.1, 0.15) is 5.82 Å². The number of ether oxygens (including phenoxy) is 1. The Hall–Kier alpha value is -2.11. The van der Waals surface area contributed by atoms with Gasteiger partial charge in [-0.25, -0.2) is 4.98 Å². The summed E-state index contributed by atoms with van der Waals surface area (Å²) >= 11 is 0. The lowest BCUT2D eigenvalue weighted by Gasteiger charge is -2.29. The number of esters is 1. The van der Waals surface area contributed by atoms with E-state index < -0.39 is 0 Å². The molecule has 4 rings (SSSR count). The highest BCUT2D eigenvalue weighted by Crippen LogP contribution is 2.63. The van der Waals surface area contributed by atoms with Gasteiger partial charge in [-0.05, 0) is 51.4 Å². The number of aromatic nitrogens is 3. The second kappa shape index (κ2) is 6.25. The maximum Gasteiger partial charge on any atom is 0.309 e. The van der Waals surface area contributed by atoms with E-state index >= 15 is 0 Å². The average Bonchev–Trinajstić information content (AvgIpc) is 3.20. The van der Waals surface area contributed by atoms with Crippen molar-refractivity contribution in [3.63, 3.8) is 0 Å². The fraction of sp³-hybridized carbons (Fsp3) is 0.650. The highest BCUT2D eigenvalue weighted by molar-refractivity contribution is 5.77. The molecule has 0 N–H and O–H groups in total. The van der Waals surface area contributed by atoms with Crippen LogP contribution in [-0.2, 0) is 9.53 Å². The molecule has 6 nitrogen and oxygen atoms in total. The van der Waals surface area contributed by atoms with E-state index in [4.69, 9.17) is 9.72 Å². The predicted octanol–water partition coefficient (Wildman–Crippen LogP) is 3.33. The Balaban J connectivity index is 1.53. The largest absolute Gasteiger partial charge is 0.466 e. The van der Waals surface area contributed by atoms with Crippen LogP contribution >= 0.6 is 0 Å². The molecule has 0 radical (unpaired) electrons. The van der Waals surface area contributed by atoms with Gasteiger partial charge in [0.2, 0.25) is 0 Å². The number of nitrogens with zero attached hydrogens (tertiary/aromatic N) is 4. The molecule has 2 heterocycles. The first-order chi connectivity index (χ1) is 12.4. The van der Waals surface area contributed by atoms with Crippen LogP contribution in [0.15, 0.2) is 12.3 Å². The molecule has 2 fully saturated rings. The van der Waals surface area contributed by atoms with Crippen LogP contribution in [0.1, 0.15) is 56.2 Å². The summed E-state index contributed by atoms with van der Waals surface area (Å²) in [6.45, 7) is 4.42. The minimum atomic E-state index is 0.00951. The Labute approximate surface area is 154 Å². The first kappa shape index (κ1) is 17.3. The van der Waals surface area contributed by atoms with Gasteiger partial charge in [0, 0.05) is 37.3 Å². The number of anilines is 1. The lowest BCUT2D eigenvalue weighted by atomic mass is 9.77. The van der Waals surface area contributed by atoms with Gasteiger partial charge in [0.25, 0.3) is 0 Å². The Morgan fingerprint density at radius 2 is 2.12 bits per heavy atom. The molecule has 0 aromatic carbocycles. The number of aryl methyl sites for hydroxylation is 1. The molecule has 6 heteroatoms. The summed E-state index contributed by atoms with van der Waals surface area (Å²) in [4.78, 5) is 19.1. The summed E-state index contributed by atoms with van der Waals surface area (Å²) in [5.41, 5.74) is 3.42. The number of fused-ring (bicyclic) bond motifs is 1. The van der Waals surface area contributed by atoms with E-state index in [1.54, 1.807) is 0 Å². The third-order valence-electron chi connectivity index (χ3n) is 6.27. The van der Waals surface area contributed by atoms with Gasteiger partial charge < -0.3 is 9.64 Å². The number of rotatable bonds is 4. The van der Waals surface area contributed by atoms with Crippen molar-refractivity contribution in [1.82, 2.24) is 14.6 Å². The zero-order valence-electron chi connectivity index (χ0n) is 16.2. The maximum absolute atomic E-state index is 12.1. The highest BCUT2D eigenvalue weighted by atomic mass is 16.5. The van der Waals surface area contributed by atoms with Gasteiger partial charge in [-0.3, -0.25) is 4.79 Å². The van der Waals surface area contributed by atoms with Crippen LogP contribution < -0.4 is 4.90 Å². The summed E-state index contributed by atoms with van der Waals surface area (Å²) < 4.78 is 7.15. The third-order valence-corrected chi connectivity index (χ3v) is 6.27. The summed E-state index contributed by atoms with van der Waals surface area (Å²) in [6, 6.07) is 2.18. The maximum atomic E-state index is 12.1. The second-order valence-corrected chi connectivity index (χ2v) is 8.14. The first-order valence-electron chi connectivity index (χ1n) is 9.64. The molecule has 26 heavy (non-hydrogen) atoms. The number of carbonyl (C=O) groups is 1. The lowest BCUT2D eigenvalue weighted by molar-refractivity contribution is -0.145. The van der Waals surface area contributed by atoms with E-state index in [1.807, 2.05) is 31.7 Å². The van der Waals surface area contributed by atoms with Crippen LogP contribution in [0.4, 0.5) is 5.82 Å². The van der Waals surface area contributed by atoms with Gasteiger partial charge in [-0.15, -0.1) is 0 Å². The smallest absolute Gasteiger partial charge is 0.309 e. The number of hydrogen-bond acceptors (Lipinski definition) is 5. The number of hydrogen-bond donors (Lipinski definition) is 0. The zero-order valence-corrected chi connectivity index (χ0v) is 16.2. The molecule has 1 unspecified atom stereocenters. The molecule has 2 aliphatic rings. The molecule has 2 aromatic heterocycles. The van der Waals surface area contributed by atoms with Crippen molar-refractivity contribution < 1.29 is 9.53 Å². The standard InChI is InChI=1S/C20H28N4O2/c1-5-26-19(25)15-11-20(15)8-6-14(7-9-20)16-10-17(23(3)4)24-18(22-16)13(2)12-21-24/h10,12,14-15H,5-9,11H2,1-4H3. The Kier molecular flexibility index (Phi) is 4.16.